The van der Waals surface area contributed by atoms with Crippen LogP contribution in [0.4, 0.5) is 4.79 Å². The van der Waals surface area contributed by atoms with Crippen LogP contribution in [0, 0.1) is 12.8 Å². The van der Waals surface area contributed by atoms with E-state index in [0.717, 1.165) is 24.8 Å². The number of nitrogens with two attached hydrogens (primary N) is 2. The maximum absolute atomic E-state index is 12.5. The Bertz CT molecular complexity index is 1090. The molecule has 1 amide bonds. The van der Waals surface area contributed by atoms with Crippen molar-refractivity contribution in [2.24, 2.45) is 17.5 Å². The second-order valence-corrected chi connectivity index (χ2v) is 9.03. The van der Waals surface area contributed by atoms with Gasteiger partial charge in [0.1, 0.15) is 17.6 Å². The molecule has 1 aromatic heterocycles. The lowest BCUT2D eigenvalue weighted by Gasteiger charge is -2.22. The van der Waals surface area contributed by atoms with Gasteiger partial charge in [0.05, 0.1) is 23.4 Å². The monoisotopic (exact) mass is 497 g/mol. The van der Waals surface area contributed by atoms with Crippen LogP contribution in [-0.2, 0) is 9.53 Å². The molecular weight excluding hydrogens is 462 g/mol. The van der Waals surface area contributed by atoms with Gasteiger partial charge in [0, 0.05) is 7.05 Å². The van der Waals surface area contributed by atoms with Gasteiger partial charge in [-0.25, -0.2) is 15.6 Å². The summed E-state index contributed by atoms with van der Waals surface area (Å²) in [6, 6.07) is 12.8. The number of carbonyl (C=O) groups is 2. The number of benzene rings is 1. The number of carboxylic acid groups (broad SMARTS) is 1. The van der Waals surface area contributed by atoms with E-state index in [1.54, 1.807) is 33.0 Å². The van der Waals surface area contributed by atoms with Gasteiger partial charge >= 0.3 is 12.1 Å². The molecule has 10 nitrogen and oxygen atoms in total. The minimum atomic E-state index is -0.781. The lowest BCUT2D eigenvalue weighted by Crippen LogP contribution is -2.39. The van der Waals surface area contributed by atoms with Gasteiger partial charge in [0.15, 0.2) is 5.82 Å². The number of nitrogens with one attached hydrogen (secondary N) is 1. The van der Waals surface area contributed by atoms with Crippen molar-refractivity contribution >= 4 is 17.8 Å². The van der Waals surface area contributed by atoms with E-state index in [1.165, 1.54) is 5.01 Å². The zero-order chi connectivity index (χ0) is 26.2. The van der Waals surface area contributed by atoms with Crippen molar-refractivity contribution in [3.63, 3.8) is 0 Å². The molecule has 1 heterocycles. The summed E-state index contributed by atoms with van der Waals surface area (Å²) in [5.41, 5.74) is 8.31. The van der Waals surface area contributed by atoms with Crippen molar-refractivity contribution in [3.8, 4) is 5.75 Å². The summed E-state index contributed by atoms with van der Waals surface area (Å²) in [5.74, 6) is 5.45. The average molecular weight is 498 g/mol. The minimum Gasteiger partial charge on any atom is -0.489 e. The predicted octanol–water partition coefficient (Wildman–Crippen LogP) is 3.68. The molecule has 0 saturated heterocycles. The molecule has 1 aromatic carbocycles. The molecular formula is C26H35N5O5. The van der Waals surface area contributed by atoms with E-state index in [9.17, 15) is 14.7 Å². The van der Waals surface area contributed by atoms with Crippen LogP contribution in [0.3, 0.4) is 0 Å². The zero-order valence-electron chi connectivity index (χ0n) is 20.9. The van der Waals surface area contributed by atoms with Crippen molar-refractivity contribution in [1.29, 1.82) is 0 Å². The number of aryl methyl sites for hydroxylation is 1. The third kappa shape index (κ3) is 7.11. The molecule has 1 fully saturated rings. The Balaban J connectivity index is 1.72. The summed E-state index contributed by atoms with van der Waals surface area (Å²) < 4.78 is 11.6. The van der Waals surface area contributed by atoms with E-state index in [4.69, 9.17) is 21.1 Å². The maximum atomic E-state index is 12.5. The molecule has 194 valence electrons. The van der Waals surface area contributed by atoms with Gasteiger partial charge in [-0.2, -0.15) is 0 Å². The van der Waals surface area contributed by atoms with E-state index >= 15 is 0 Å². The normalized spacial score (nSPS) is 19.3. The number of nitrogens with zero attached hydrogens (tertiary/aromatic N) is 2. The number of aliphatic carboxylic acids is 1. The fraction of sp³-hybridized carbons (Fsp3) is 0.423. The van der Waals surface area contributed by atoms with E-state index < -0.39 is 24.1 Å². The fourth-order valence-electron chi connectivity index (χ4n) is 4.20. The van der Waals surface area contributed by atoms with Crippen LogP contribution in [0.15, 0.2) is 48.3 Å². The van der Waals surface area contributed by atoms with E-state index in [-0.39, 0.29) is 17.6 Å². The van der Waals surface area contributed by atoms with Crippen molar-refractivity contribution in [1.82, 2.24) is 15.3 Å². The topological polar surface area (TPSA) is 153 Å². The van der Waals surface area contributed by atoms with Crippen LogP contribution >= 0.6 is 0 Å². The van der Waals surface area contributed by atoms with Gasteiger partial charge in [-0.15, -0.1) is 0 Å². The number of amides is 1. The zero-order valence-corrected chi connectivity index (χ0v) is 20.9. The lowest BCUT2D eigenvalue weighted by atomic mass is 9.99. The molecule has 1 aliphatic rings. The quantitative estimate of drug-likeness (QED) is 0.243. The number of hydrogen-bond acceptors (Lipinski definition) is 8. The number of ether oxygens (including phenoxy) is 2. The minimum absolute atomic E-state index is 0.133. The second kappa shape index (κ2) is 12.3. The molecule has 1 saturated carbocycles. The van der Waals surface area contributed by atoms with Crippen LogP contribution in [0.5, 0.6) is 5.75 Å². The number of hydrogen-bond donors (Lipinski definition) is 4. The first kappa shape index (κ1) is 26.8. The summed E-state index contributed by atoms with van der Waals surface area (Å²) in [6.07, 6.45) is 2.35. The smallest absolute Gasteiger partial charge is 0.413 e. The van der Waals surface area contributed by atoms with Crippen LogP contribution < -0.4 is 21.6 Å². The number of hydrazine groups is 1. The molecule has 6 N–H and O–H groups in total. The molecule has 3 rings (SSSR count). The van der Waals surface area contributed by atoms with Gasteiger partial charge in [-0.1, -0.05) is 36.8 Å². The number of rotatable bonds is 8. The van der Waals surface area contributed by atoms with E-state index in [1.807, 2.05) is 30.3 Å². The molecule has 2 aromatic rings. The highest BCUT2D eigenvalue weighted by Crippen LogP contribution is 2.29. The molecule has 10 heteroatoms. The molecule has 1 aliphatic carbocycles. The third-order valence-corrected chi connectivity index (χ3v) is 6.21. The molecule has 0 aliphatic heterocycles. The number of aromatic nitrogens is 1. The van der Waals surface area contributed by atoms with Crippen LogP contribution in [0.1, 0.15) is 62.1 Å². The highest BCUT2D eigenvalue weighted by molar-refractivity contribution is 5.74. The molecule has 0 spiro atoms. The summed E-state index contributed by atoms with van der Waals surface area (Å²) in [6.45, 7) is 3.55. The number of carboxylic acids is 1. The predicted molar refractivity (Wildman–Crippen MR) is 135 cm³/mol. The molecule has 0 bridgehead atoms. The largest absolute Gasteiger partial charge is 0.489 e. The van der Waals surface area contributed by atoms with Crippen molar-refractivity contribution in [2.45, 2.75) is 58.2 Å². The first-order chi connectivity index (χ1) is 17.2. The first-order valence-electron chi connectivity index (χ1n) is 12.0. The second-order valence-electron chi connectivity index (χ2n) is 9.03. The van der Waals surface area contributed by atoms with Crippen molar-refractivity contribution in [3.05, 3.63) is 65.2 Å². The Morgan fingerprint density at radius 2 is 1.86 bits per heavy atom. The van der Waals surface area contributed by atoms with Crippen LogP contribution in [-0.4, -0.2) is 40.3 Å². The summed E-state index contributed by atoms with van der Waals surface area (Å²) in [5, 5.41) is 13.2. The van der Waals surface area contributed by atoms with Gasteiger partial charge in [-0.05, 0) is 57.2 Å². The fourth-order valence-corrected chi connectivity index (χ4v) is 4.20. The van der Waals surface area contributed by atoms with Gasteiger partial charge in [0.25, 0.3) is 0 Å². The van der Waals surface area contributed by atoms with Gasteiger partial charge in [-0.3, -0.25) is 15.1 Å². The third-order valence-electron chi connectivity index (χ3n) is 6.21. The Kier molecular flexibility index (Phi) is 9.13. The SMILES string of the molecule is Cc1nc(/C(N)=C(\NC(=O)OC(C)c2ccccc2)N(C)N)ccc1OC1CCCCC(C(=O)O)C1. The molecule has 36 heavy (non-hydrogen) atoms. The van der Waals surface area contributed by atoms with Crippen LogP contribution in [0.25, 0.3) is 5.70 Å². The lowest BCUT2D eigenvalue weighted by molar-refractivity contribution is -0.142. The summed E-state index contributed by atoms with van der Waals surface area (Å²) in [4.78, 5) is 28.5. The maximum Gasteiger partial charge on any atom is 0.413 e. The number of pyridine rings is 1. The van der Waals surface area contributed by atoms with Gasteiger partial charge in [0.2, 0.25) is 0 Å². The van der Waals surface area contributed by atoms with Crippen molar-refractivity contribution < 1.29 is 24.2 Å². The number of carbonyl (C=O) groups excluding carboxylic acids is 1. The highest BCUT2D eigenvalue weighted by Gasteiger charge is 2.27. The Labute approximate surface area is 211 Å². The standard InChI is InChI=1S/C26H35N5O5/c1-16-22(36-20-12-8-7-11-19(15-20)25(32)33)14-13-21(29-16)23(27)24(31(3)28)30-26(34)35-17(2)18-9-5-4-6-10-18/h4-6,9-10,13-14,17,19-20H,7-8,11-12,15,27-28H2,1-3H3,(H,30,34)(H,32,33)/b24-23-. The molecule has 3 atom stereocenters. The molecule has 0 radical (unpaired) electrons. The Morgan fingerprint density at radius 3 is 2.50 bits per heavy atom. The number of alkyl carbamates (subject to hydrolysis) is 1. The Morgan fingerprint density at radius 1 is 1.17 bits per heavy atom. The average Bonchev–Trinajstić information content (AvgIpc) is 3.09. The van der Waals surface area contributed by atoms with E-state index in [2.05, 4.69) is 10.3 Å². The van der Waals surface area contributed by atoms with Gasteiger partial charge < -0.3 is 20.3 Å². The van der Waals surface area contributed by atoms with E-state index in [0.29, 0.717) is 30.0 Å². The summed E-state index contributed by atoms with van der Waals surface area (Å²) >= 11 is 0. The highest BCUT2D eigenvalue weighted by atomic mass is 16.6. The van der Waals surface area contributed by atoms with Crippen molar-refractivity contribution in [2.75, 3.05) is 7.05 Å². The van der Waals surface area contributed by atoms with Crippen LogP contribution in [0.2, 0.25) is 0 Å². The first-order valence-corrected chi connectivity index (χ1v) is 12.0. The summed E-state index contributed by atoms with van der Waals surface area (Å²) in [7, 11) is 1.54. The molecule has 3 unspecified atom stereocenters. The Hall–Kier alpha value is -3.79.